The van der Waals surface area contributed by atoms with E-state index in [4.69, 9.17) is 9.47 Å². The zero-order chi connectivity index (χ0) is 19.6. The van der Waals surface area contributed by atoms with Crippen LogP contribution in [0.25, 0.3) is 10.9 Å². The molecule has 1 fully saturated rings. The molecule has 0 saturated carbocycles. The van der Waals surface area contributed by atoms with Crippen molar-refractivity contribution < 1.29 is 9.47 Å². The number of aromatic nitrogens is 1. The van der Waals surface area contributed by atoms with E-state index in [2.05, 4.69) is 50.7 Å². The van der Waals surface area contributed by atoms with Gasteiger partial charge in [0.25, 0.3) is 0 Å². The Morgan fingerprint density at radius 1 is 1.21 bits per heavy atom. The summed E-state index contributed by atoms with van der Waals surface area (Å²) in [5.74, 6) is 1.01. The molecule has 0 bridgehead atoms. The van der Waals surface area contributed by atoms with Gasteiger partial charge in [0.05, 0.1) is 6.10 Å². The molecular formula is C22H34N4O2. The average Bonchev–Trinajstić information content (AvgIpc) is 3.15. The zero-order valence-electron chi connectivity index (χ0n) is 17.2. The Kier molecular flexibility index (Phi) is 8.18. The minimum absolute atomic E-state index is 0.369. The highest BCUT2D eigenvalue weighted by Gasteiger charge is 2.21. The lowest BCUT2D eigenvalue weighted by Gasteiger charge is -2.34. The summed E-state index contributed by atoms with van der Waals surface area (Å²) in [6.07, 6.45) is 7.73. The van der Waals surface area contributed by atoms with Crippen molar-refractivity contribution in [1.82, 2.24) is 15.2 Å². The van der Waals surface area contributed by atoms with E-state index >= 15 is 0 Å². The molecule has 1 saturated heterocycles. The molecule has 0 radical (unpaired) electrons. The first-order valence-electron chi connectivity index (χ1n) is 10.4. The van der Waals surface area contributed by atoms with Crippen LogP contribution in [0, 0.1) is 0 Å². The maximum absolute atomic E-state index is 5.95. The molecular weight excluding hydrogens is 352 g/mol. The Bertz CT molecular complexity index is 735. The van der Waals surface area contributed by atoms with Gasteiger partial charge in [0, 0.05) is 64.1 Å². The molecule has 1 aliphatic heterocycles. The number of methoxy groups -OCH3 is 1. The van der Waals surface area contributed by atoms with Gasteiger partial charge in [0.2, 0.25) is 0 Å². The van der Waals surface area contributed by atoms with Crippen LogP contribution in [0.15, 0.2) is 35.5 Å². The number of aromatic amines is 1. The Balaban J connectivity index is 1.36. The number of likely N-dealkylation sites (tertiary alicyclic amines) is 1. The lowest BCUT2D eigenvalue weighted by Crippen LogP contribution is -2.47. The predicted octanol–water partition coefficient (Wildman–Crippen LogP) is 3.19. The lowest BCUT2D eigenvalue weighted by molar-refractivity contribution is 0.00991. The molecule has 6 heteroatoms. The number of nitrogens with zero attached hydrogens (tertiary/aromatic N) is 2. The van der Waals surface area contributed by atoms with Gasteiger partial charge in [-0.25, -0.2) is 0 Å². The van der Waals surface area contributed by atoms with Crippen LogP contribution in [0.4, 0.5) is 0 Å². The summed E-state index contributed by atoms with van der Waals surface area (Å²) >= 11 is 0. The van der Waals surface area contributed by atoms with Crippen molar-refractivity contribution in [2.75, 3.05) is 47.0 Å². The maximum atomic E-state index is 5.95. The highest BCUT2D eigenvalue weighted by Crippen LogP contribution is 2.19. The lowest BCUT2D eigenvalue weighted by atomic mass is 10.1. The van der Waals surface area contributed by atoms with Crippen LogP contribution < -0.4 is 5.32 Å². The summed E-state index contributed by atoms with van der Waals surface area (Å²) in [4.78, 5) is 10.2. The highest BCUT2D eigenvalue weighted by molar-refractivity contribution is 5.83. The van der Waals surface area contributed by atoms with Gasteiger partial charge in [-0.1, -0.05) is 18.2 Å². The Hall–Kier alpha value is -2.05. The fourth-order valence-corrected chi connectivity index (χ4v) is 3.84. The first-order chi connectivity index (χ1) is 13.8. The van der Waals surface area contributed by atoms with Crippen LogP contribution in [-0.2, 0) is 15.9 Å². The Morgan fingerprint density at radius 3 is 2.82 bits per heavy atom. The number of aryl methyl sites for hydroxylation is 1. The van der Waals surface area contributed by atoms with Crippen LogP contribution in [0.5, 0.6) is 0 Å². The van der Waals surface area contributed by atoms with Crippen LogP contribution in [0.2, 0.25) is 0 Å². The second-order valence-corrected chi connectivity index (χ2v) is 7.34. The number of fused-ring (bicyclic) bond motifs is 1. The third kappa shape index (κ3) is 5.72. The summed E-state index contributed by atoms with van der Waals surface area (Å²) in [6, 6.07) is 8.49. The molecule has 3 rings (SSSR count). The fourth-order valence-electron chi connectivity index (χ4n) is 3.84. The molecule has 154 valence electrons. The molecule has 0 unspecified atom stereocenters. The van der Waals surface area contributed by atoms with E-state index in [1.807, 2.05) is 7.05 Å². The largest absolute Gasteiger partial charge is 0.385 e. The molecule has 28 heavy (non-hydrogen) atoms. The second kappa shape index (κ2) is 11.1. The molecule has 0 spiro atoms. The van der Waals surface area contributed by atoms with Crippen LogP contribution in [0.1, 0.15) is 31.2 Å². The number of rotatable bonds is 9. The number of hydrogen-bond acceptors (Lipinski definition) is 3. The van der Waals surface area contributed by atoms with E-state index in [0.717, 1.165) is 70.9 Å². The first kappa shape index (κ1) is 20.7. The van der Waals surface area contributed by atoms with Crippen molar-refractivity contribution >= 4 is 16.9 Å². The number of para-hydroxylation sites is 1. The van der Waals surface area contributed by atoms with Crippen molar-refractivity contribution in [2.24, 2.45) is 4.99 Å². The summed E-state index contributed by atoms with van der Waals surface area (Å²) in [5.41, 5.74) is 2.60. The summed E-state index contributed by atoms with van der Waals surface area (Å²) in [5, 5.41) is 4.87. The minimum atomic E-state index is 0.369. The third-order valence-corrected chi connectivity index (χ3v) is 5.38. The Labute approximate surface area is 168 Å². The number of ether oxygens (including phenoxy) is 2. The zero-order valence-corrected chi connectivity index (χ0v) is 17.2. The number of piperidine rings is 1. The molecule has 1 aliphatic rings. The van der Waals surface area contributed by atoms with Gasteiger partial charge in [-0.3, -0.25) is 4.99 Å². The number of guanidine groups is 1. The van der Waals surface area contributed by atoms with Gasteiger partial charge in [0.15, 0.2) is 5.96 Å². The van der Waals surface area contributed by atoms with Crippen molar-refractivity contribution in [3.63, 3.8) is 0 Å². The van der Waals surface area contributed by atoms with E-state index in [1.165, 1.54) is 16.5 Å². The van der Waals surface area contributed by atoms with Gasteiger partial charge >= 0.3 is 0 Å². The second-order valence-electron chi connectivity index (χ2n) is 7.34. The van der Waals surface area contributed by atoms with Gasteiger partial charge in [-0.2, -0.15) is 0 Å². The number of aliphatic imine (C=N–C) groups is 1. The van der Waals surface area contributed by atoms with Gasteiger partial charge < -0.3 is 24.7 Å². The van der Waals surface area contributed by atoms with E-state index in [1.54, 1.807) is 7.11 Å². The molecule has 0 aliphatic carbocycles. The molecule has 6 nitrogen and oxygen atoms in total. The summed E-state index contributed by atoms with van der Waals surface area (Å²) in [7, 11) is 3.60. The number of hydrogen-bond donors (Lipinski definition) is 2. The topological polar surface area (TPSA) is 61.9 Å². The molecule has 0 amide bonds. The highest BCUT2D eigenvalue weighted by atomic mass is 16.5. The van der Waals surface area contributed by atoms with Gasteiger partial charge in [-0.15, -0.1) is 0 Å². The standard InChI is InChI=1S/C22H34N4O2/c1-23-22(26-13-10-19(11-14-26)28-16-6-15-27-2)24-12-5-7-18-17-25-21-9-4-3-8-20(18)21/h3-4,8-9,17,19,25H,5-7,10-16H2,1-2H3,(H,23,24). The maximum Gasteiger partial charge on any atom is 0.193 e. The first-order valence-corrected chi connectivity index (χ1v) is 10.4. The van der Waals surface area contributed by atoms with Gasteiger partial charge in [0.1, 0.15) is 0 Å². The van der Waals surface area contributed by atoms with Gasteiger partial charge in [-0.05, 0) is 43.7 Å². The van der Waals surface area contributed by atoms with Crippen LogP contribution >= 0.6 is 0 Å². The van der Waals surface area contributed by atoms with E-state index in [9.17, 15) is 0 Å². The Morgan fingerprint density at radius 2 is 2.04 bits per heavy atom. The quantitative estimate of drug-likeness (QED) is 0.395. The SMILES string of the molecule is CN=C(NCCCc1c[nH]c2ccccc12)N1CCC(OCCCOC)CC1. The van der Waals surface area contributed by atoms with E-state index in [-0.39, 0.29) is 0 Å². The van der Waals surface area contributed by atoms with Crippen molar-refractivity contribution in [3.8, 4) is 0 Å². The third-order valence-electron chi connectivity index (χ3n) is 5.38. The number of benzene rings is 1. The summed E-state index contributed by atoms with van der Waals surface area (Å²) < 4.78 is 11.0. The molecule has 1 aromatic carbocycles. The predicted molar refractivity (Wildman–Crippen MR) is 115 cm³/mol. The normalized spacial score (nSPS) is 16.1. The molecule has 2 N–H and O–H groups in total. The van der Waals surface area contributed by atoms with Crippen molar-refractivity contribution in [1.29, 1.82) is 0 Å². The minimum Gasteiger partial charge on any atom is -0.385 e. The van der Waals surface area contributed by atoms with E-state index in [0.29, 0.717) is 6.10 Å². The van der Waals surface area contributed by atoms with Crippen LogP contribution in [0.3, 0.4) is 0 Å². The molecule has 0 atom stereocenters. The van der Waals surface area contributed by atoms with Crippen LogP contribution in [-0.4, -0.2) is 69.0 Å². The fraction of sp³-hybridized carbons (Fsp3) is 0.591. The molecule has 2 aromatic rings. The van der Waals surface area contributed by atoms with Crippen molar-refractivity contribution in [2.45, 2.75) is 38.2 Å². The number of H-pyrrole nitrogens is 1. The number of nitrogens with one attached hydrogen (secondary N) is 2. The molecule has 1 aromatic heterocycles. The smallest absolute Gasteiger partial charge is 0.193 e. The monoisotopic (exact) mass is 386 g/mol. The molecule has 2 heterocycles. The summed E-state index contributed by atoms with van der Waals surface area (Å²) in [6.45, 7) is 4.49. The average molecular weight is 387 g/mol. The van der Waals surface area contributed by atoms with E-state index < -0.39 is 0 Å². The van der Waals surface area contributed by atoms with Crippen molar-refractivity contribution in [3.05, 3.63) is 36.0 Å².